The number of alkyl halides is 3. The standard InChI is InChI=1S/C8H7F3INO3/c1-15-5-2-13-7(12)6(4(5)3-14)16-8(9,10)11/h2,14H,3H2,1H3. The summed E-state index contributed by atoms with van der Waals surface area (Å²) in [6.45, 7) is -0.632. The van der Waals surface area contributed by atoms with Crippen LogP contribution in [0.1, 0.15) is 5.56 Å². The molecule has 0 spiro atoms. The number of hydrogen-bond acceptors (Lipinski definition) is 4. The van der Waals surface area contributed by atoms with Gasteiger partial charge in [0, 0.05) is 0 Å². The highest BCUT2D eigenvalue weighted by molar-refractivity contribution is 14.1. The molecule has 0 aliphatic rings. The largest absolute Gasteiger partial charge is 0.573 e. The Bertz CT molecular complexity index is 384. The first-order valence-electron chi connectivity index (χ1n) is 3.97. The fourth-order valence-corrected chi connectivity index (χ4v) is 1.61. The minimum Gasteiger partial charge on any atom is -0.495 e. The second kappa shape index (κ2) is 5.04. The Hall–Kier alpha value is -0.770. The molecule has 0 bridgehead atoms. The van der Waals surface area contributed by atoms with Crippen molar-refractivity contribution in [1.82, 2.24) is 4.98 Å². The molecule has 0 aromatic carbocycles. The van der Waals surface area contributed by atoms with Crippen LogP contribution in [0, 0.1) is 3.70 Å². The molecule has 1 aromatic heterocycles. The summed E-state index contributed by atoms with van der Waals surface area (Å²) in [7, 11) is 1.26. The van der Waals surface area contributed by atoms with E-state index in [-0.39, 0.29) is 15.0 Å². The maximum absolute atomic E-state index is 12.1. The normalized spacial score (nSPS) is 11.4. The SMILES string of the molecule is COc1cnc(I)c(OC(F)(F)F)c1CO. The molecule has 0 fully saturated rings. The van der Waals surface area contributed by atoms with Crippen molar-refractivity contribution < 1.29 is 27.8 Å². The highest BCUT2D eigenvalue weighted by Crippen LogP contribution is 2.35. The molecule has 0 unspecified atom stereocenters. The molecular weight excluding hydrogens is 342 g/mol. The predicted octanol–water partition coefficient (Wildman–Crippen LogP) is 2.09. The highest BCUT2D eigenvalue weighted by atomic mass is 127. The smallest absolute Gasteiger partial charge is 0.495 e. The van der Waals surface area contributed by atoms with Crippen molar-refractivity contribution in [1.29, 1.82) is 0 Å². The van der Waals surface area contributed by atoms with E-state index in [4.69, 9.17) is 9.84 Å². The fraction of sp³-hybridized carbons (Fsp3) is 0.375. The zero-order valence-electron chi connectivity index (χ0n) is 8.01. The van der Waals surface area contributed by atoms with E-state index in [1.807, 2.05) is 0 Å². The molecule has 0 saturated carbocycles. The van der Waals surface area contributed by atoms with Gasteiger partial charge in [-0.1, -0.05) is 0 Å². The third-order valence-electron chi connectivity index (χ3n) is 1.65. The van der Waals surface area contributed by atoms with Gasteiger partial charge in [-0.05, 0) is 22.6 Å². The molecular formula is C8H7F3INO3. The number of nitrogens with zero attached hydrogens (tertiary/aromatic N) is 1. The van der Waals surface area contributed by atoms with Crippen LogP contribution in [0.3, 0.4) is 0 Å². The van der Waals surface area contributed by atoms with Crippen LogP contribution < -0.4 is 9.47 Å². The lowest BCUT2D eigenvalue weighted by Gasteiger charge is -2.15. The summed E-state index contributed by atoms with van der Waals surface area (Å²) in [5.74, 6) is -0.489. The van der Waals surface area contributed by atoms with Crippen LogP contribution in [0.2, 0.25) is 0 Å². The molecule has 4 nitrogen and oxygen atoms in total. The number of aliphatic hydroxyl groups excluding tert-OH is 1. The lowest BCUT2D eigenvalue weighted by Crippen LogP contribution is -2.19. The van der Waals surface area contributed by atoms with Gasteiger partial charge in [0.15, 0.2) is 5.75 Å². The van der Waals surface area contributed by atoms with Gasteiger partial charge in [-0.2, -0.15) is 0 Å². The zero-order chi connectivity index (χ0) is 12.3. The Morgan fingerprint density at radius 1 is 1.50 bits per heavy atom. The van der Waals surface area contributed by atoms with Crippen LogP contribution in [-0.4, -0.2) is 23.6 Å². The van der Waals surface area contributed by atoms with E-state index in [0.717, 1.165) is 0 Å². The topological polar surface area (TPSA) is 51.6 Å². The van der Waals surface area contributed by atoms with E-state index in [1.165, 1.54) is 13.3 Å². The summed E-state index contributed by atoms with van der Waals surface area (Å²) in [6.07, 6.45) is -3.62. The Kier molecular flexibility index (Phi) is 4.19. The number of aromatic nitrogens is 1. The second-order valence-electron chi connectivity index (χ2n) is 2.63. The Balaban J connectivity index is 3.23. The summed E-state index contributed by atoms with van der Waals surface area (Å²) < 4.78 is 44.9. The van der Waals surface area contributed by atoms with Crippen LogP contribution in [0.15, 0.2) is 6.20 Å². The van der Waals surface area contributed by atoms with Gasteiger partial charge < -0.3 is 14.6 Å². The summed E-state index contributed by atoms with van der Waals surface area (Å²) >= 11 is 1.58. The number of pyridine rings is 1. The molecule has 1 N–H and O–H groups in total. The molecule has 1 rings (SSSR count). The Morgan fingerprint density at radius 2 is 2.12 bits per heavy atom. The lowest BCUT2D eigenvalue weighted by atomic mass is 10.2. The molecule has 0 aliphatic carbocycles. The third-order valence-corrected chi connectivity index (χ3v) is 2.42. The van der Waals surface area contributed by atoms with Gasteiger partial charge in [0.1, 0.15) is 9.45 Å². The van der Waals surface area contributed by atoms with E-state index < -0.39 is 18.7 Å². The molecule has 1 aromatic rings. The molecule has 0 aliphatic heterocycles. The molecule has 0 radical (unpaired) electrons. The third kappa shape index (κ3) is 3.11. The average molecular weight is 349 g/mol. The van der Waals surface area contributed by atoms with E-state index in [1.54, 1.807) is 22.6 Å². The molecule has 8 heteroatoms. The summed E-state index contributed by atoms with van der Waals surface area (Å²) in [5.41, 5.74) is -0.0841. The maximum Gasteiger partial charge on any atom is 0.573 e. The second-order valence-corrected chi connectivity index (χ2v) is 3.65. The minimum atomic E-state index is -4.84. The van der Waals surface area contributed by atoms with Crippen molar-refractivity contribution >= 4 is 22.6 Å². The van der Waals surface area contributed by atoms with E-state index >= 15 is 0 Å². The van der Waals surface area contributed by atoms with E-state index in [2.05, 4.69) is 9.72 Å². The van der Waals surface area contributed by atoms with Crippen molar-refractivity contribution in [2.75, 3.05) is 7.11 Å². The van der Waals surface area contributed by atoms with Crippen LogP contribution in [-0.2, 0) is 6.61 Å². The number of rotatable bonds is 3. The van der Waals surface area contributed by atoms with Gasteiger partial charge in [0.05, 0.1) is 25.5 Å². The molecule has 1 heterocycles. The number of hydrogen-bond donors (Lipinski definition) is 1. The molecule has 0 saturated heterocycles. The van der Waals surface area contributed by atoms with Crippen LogP contribution in [0.5, 0.6) is 11.5 Å². The highest BCUT2D eigenvalue weighted by Gasteiger charge is 2.34. The number of methoxy groups -OCH3 is 1. The van der Waals surface area contributed by atoms with Crippen LogP contribution in [0.4, 0.5) is 13.2 Å². The summed E-state index contributed by atoms with van der Waals surface area (Å²) in [4.78, 5) is 3.67. The lowest BCUT2D eigenvalue weighted by molar-refractivity contribution is -0.275. The van der Waals surface area contributed by atoms with Crippen molar-refractivity contribution in [3.05, 3.63) is 15.5 Å². The zero-order valence-corrected chi connectivity index (χ0v) is 10.2. The van der Waals surface area contributed by atoms with E-state index in [0.29, 0.717) is 0 Å². The van der Waals surface area contributed by atoms with Crippen molar-refractivity contribution in [2.45, 2.75) is 13.0 Å². The number of aliphatic hydroxyl groups is 1. The maximum atomic E-state index is 12.1. The first-order valence-corrected chi connectivity index (χ1v) is 5.05. The minimum absolute atomic E-state index is 0.000208. The molecule has 90 valence electrons. The van der Waals surface area contributed by atoms with Crippen LogP contribution in [0.25, 0.3) is 0 Å². The van der Waals surface area contributed by atoms with Crippen molar-refractivity contribution in [3.63, 3.8) is 0 Å². The average Bonchev–Trinajstić information content (AvgIpc) is 2.19. The summed E-state index contributed by atoms with van der Waals surface area (Å²) in [6, 6.07) is 0. The van der Waals surface area contributed by atoms with E-state index in [9.17, 15) is 13.2 Å². The fourth-order valence-electron chi connectivity index (χ4n) is 1.03. The van der Waals surface area contributed by atoms with Crippen molar-refractivity contribution in [3.8, 4) is 11.5 Å². The Labute approximate surface area is 103 Å². The van der Waals surface area contributed by atoms with Crippen LogP contribution >= 0.6 is 22.6 Å². The number of ether oxygens (including phenoxy) is 2. The van der Waals surface area contributed by atoms with Gasteiger partial charge >= 0.3 is 6.36 Å². The Morgan fingerprint density at radius 3 is 2.56 bits per heavy atom. The first kappa shape index (κ1) is 13.3. The molecule has 0 amide bonds. The van der Waals surface area contributed by atoms with Gasteiger partial charge in [-0.15, -0.1) is 13.2 Å². The summed E-state index contributed by atoms with van der Waals surface area (Å²) in [5, 5.41) is 8.99. The first-order chi connectivity index (χ1) is 7.39. The van der Waals surface area contributed by atoms with Crippen molar-refractivity contribution in [2.24, 2.45) is 0 Å². The molecule has 0 atom stereocenters. The monoisotopic (exact) mass is 349 g/mol. The molecule has 16 heavy (non-hydrogen) atoms. The number of halogens is 4. The van der Waals surface area contributed by atoms with Gasteiger partial charge in [0.25, 0.3) is 0 Å². The van der Waals surface area contributed by atoms with Gasteiger partial charge in [-0.25, -0.2) is 4.98 Å². The van der Waals surface area contributed by atoms with Gasteiger partial charge in [0.2, 0.25) is 0 Å². The predicted molar refractivity (Wildman–Crippen MR) is 56.1 cm³/mol. The quantitative estimate of drug-likeness (QED) is 0.671. The van der Waals surface area contributed by atoms with Gasteiger partial charge in [-0.3, -0.25) is 0 Å².